The summed E-state index contributed by atoms with van der Waals surface area (Å²) in [6, 6.07) is 21.4. The largest absolute Gasteiger partial charge is 0.497 e. The van der Waals surface area contributed by atoms with Crippen LogP contribution in [0, 0.1) is 17.8 Å². The molecule has 1 heteroatoms. The molecule has 1 aliphatic carbocycles. The molecule has 0 spiro atoms. The fourth-order valence-electron chi connectivity index (χ4n) is 4.60. The molecule has 1 saturated carbocycles. The molecule has 1 aliphatic rings. The first-order valence-electron chi connectivity index (χ1n) is 10.9. The molecule has 0 radical (unpaired) electrons. The van der Waals surface area contributed by atoms with Gasteiger partial charge in [0, 0.05) is 11.1 Å². The van der Waals surface area contributed by atoms with Gasteiger partial charge >= 0.3 is 0 Å². The summed E-state index contributed by atoms with van der Waals surface area (Å²) in [7, 11) is 1.70. The summed E-state index contributed by atoms with van der Waals surface area (Å²) in [5, 5.41) is 2.36. The molecule has 0 saturated heterocycles. The maximum atomic E-state index is 5.30. The standard InChI is InChI=1S/C28H30O/c1-3-4-21-7-12-24(13-8-21)25-14-9-22(10-15-25)5-6-23-11-16-27-20-28(29-2)18-17-26(27)19-23/h9-11,14-21,24H,3-4,7-8,12-13H2,1-2H3. The summed E-state index contributed by atoms with van der Waals surface area (Å²) in [5.74, 6) is 9.23. The predicted molar refractivity (Wildman–Crippen MR) is 123 cm³/mol. The number of ether oxygens (including phenoxy) is 1. The van der Waals surface area contributed by atoms with Gasteiger partial charge < -0.3 is 4.74 Å². The van der Waals surface area contributed by atoms with Crippen molar-refractivity contribution in [1.29, 1.82) is 0 Å². The monoisotopic (exact) mass is 382 g/mol. The molecular weight excluding hydrogens is 352 g/mol. The molecule has 0 heterocycles. The van der Waals surface area contributed by atoms with E-state index in [1.807, 2.05) is 6.07 Å². The van der Waals surface area contributed by atoms with Crippen LogP contribution in [-0.4, -0.2) is 7.11 Å². The van der Waals surface area contributed by atoms with Crippen LogP contribution in [0.2, 0.25) is 0 Å². The fourth-order valence-corrected chi connectivity index (χ4v) is 4.60. The summed E-state index contributed by atoms with van der Waals surface area (Å²) in [4.78, 5) is 0. The molecule has 0 aromatic heterocycles. The summed E-state index contributed by atoms with van der Waals surface area (Å²) in [5.41, 5.74) is 3.62. The van der Waals surface area contributed by atoms with E-state index in [0.717, 1.165) is 28.7 Å². The molecule has 1 fully saturated rings. The third-order valence-corrected chi connectivity index (χ3v) is 6.32. The van der Waals surface area contributed by atoms with Gasteiger partial charge in [-0.2, -0.15) is 0 Å². The van der Waals surface area contributed by atoms with Crippen molar-refractivity contribution in [1.82, 2.24) is 0 Å². The van der Waals surface area contributed by atoms with Crippen molar-refractivity contribution in [2.24, 2.45) is 5.92 Å². The zero-order valence-corrected chi connectivity index (χ0v) is 17.6. The molecule has 0 bridgehead atoms. The summed E-state index contributed by atoms with van der Waals surface area (Å²) in [6.45, 7) is 2.31. The predicted octanol–water partition coefficient (Wildman–Crippen LogP) is 7.32. The fraction of sp³-hybridized carbons (Fsp3) is 0.357. The highest BCUT2D eigenvalue weighted by atomic mass is 16.5. The van der Waals surface area contributed by atoms with Gasteiger partial charge in [0.2, 0.25) is 0 Å². The van der Waals surface area contributed by atoms with E-state index in [2.05, 4.69) is 73.4 Å². The average molecular weight is 383 g/mol. The van der Waals surface area contributed by atoms with Crippen molar-refractivity contribution in [3.8, 4) is 17.6 Å². The Morgan fingerprint density at radius 2 is 1.45 bits per heavy atom. The Morgan fingerprint density at radius 3 is 2.17 bits per heavy atom. The van der Waals surface area contributed by atoms with E-state index in [0.29, 0.717) is 0 Å². The van der Waals surface area contributed by atoms with E-state index in [-0.39, 0.29) is 0 Å². The van der Waals surface area contributed by atoms with Gasteiger partial charge in [0.25, 0.3) is 0 Å². The van der Waals surface area contributed by atoms with Crippen molar-refractivity contribution < 1.29 is 4.74 Å². The van der Waals surface area contributed by atoms with Gasteiger partial charge in [0.15, 0.2) is 0 Å². The minimum atomic E-state index is 0.739. The third-order valence-electron chi connectivity index (χ3n) is 6.32. The SMILES string of the molecule is CCCC1CCC(c2ccc(C#Cc3ccc4cc(OC)ccc4c3)cc2)CC1. The van der Waals surface area contributed by atoms with E-state index >= 15 is 0 Å². The summed E-state index contributed by atoms with van der Waals surface area (Å²) < 4.78 is 5.30. The molecular formula is C28H30O. The maximum absolute atomic E-state index is 5.30. The van der Waals surface area contributed by atoms with E-state index in [4.69, 9.17) is 4.74 Å². The zero-order chi connectivity index (χ0) is 20.1. The number of hydrogen-bond donors (Lipinski definition) is 0. The minimum absolute atomic E-state index is 0.739. The van der Waals surface area contributed by atoms with Gasteiger partial charge in [-0.1, -0.05) is 55.9 Å². The molecule has 29 heavy (non-hydrogen) atoms. The molecule has 0 unspecified atom stereocenters. The van der Waals surface area contributed by atoms with E-state index in [9.17, 15) is 0 Å². The second kappa shape index (κ2) is 9.19. The number of benzene rings is 3. The Bertz CT molecular complexity index is 1010. The minimum Gasteiger partial charge on any atom is -0.497 e. The van der Waals surface area contributed by atoms with Crippen molar-refractivity contribution in [2.45, 2.75) is 51.4 Å². The van der Waals surface area contributed by atoms with Crippen LogP contribution < -0.4 is 4.74 Å². The lowest BCUT2D eigenvalue weighted by molar-refractivity contribution is 0.308. The maximum Gasteiger partial charge on any atom is 0.119 e. The van der Waals surface area contributed by atoms with E-state index in [1.54, 1.807) is 7.11 Å². The summed E-state index contributed by atoms with van der Waals surface area (Å²) >= 11 is 0. The number of hydrogen-bond acceptors (Lipinski definition) is 1. The smallest absolute Gasteiger partial charge is 0.119 e. The second-order valence-electron chi connectivity index (χ2n) is 8.31. The zero-order valence-electron chi connectivity index (χ0n) is 17.6. The Labute approximate surface area is 175 Å². The third kappa shape index (κ3) is 4.83. The Balaban J connectivity index is 1.43. The Kier molecular flexibility index (Phi) is 6.20. The molecule has 0 amide bonds. The van der Waals surface area contributed by atoms with E-state index < -0.39 is 0 Å². The van der Waals surface area contributed by atoms with Crippen molar-refractivity contribution in [3.05, 3.63) is 77.4 Å². The lowest BCUT2D eigenvalue weighted by Gasteiger charge is -2.28. The van der Waals surface area contributed by atoms with Crippen LogP contribution >= 0.6 is 0 Å². The first-order valence-corrected chi connectivity index (χ1v) is 10.9. The normalized spacial score (nSPS) is 18.8. The molecule has 3 aromatic rings. The number of methoxy groups -OCH3 is 1. The number of fused-ring (bicyclic) bond motifs is 1. The van der Waals surface area contributed by atoms with Crippen molar-refractivity contribution in [2.75, 3.05) is 7.11 Å². The van der Waals surface area contributed by atoms with Crippen LogP contribution in [0.15, 0.2) is 60.7 Å². The van der Waals surface area contributed by atoms with Crippen molar-refractivity contribution in [3.63, 3.8) is 0 Å². The highest BCUT2D eigenvalue weighted by Gasteiger charge is 2.21. The molecule has 1 nitrogen and oxygen atoms in total. The van der Waals surface area contributed by atoms with Gasteiger partial charge in [-0.15, -0.1) is 0 Å². The van der Waals surface area contributed by atoms with Crippen molar-refractivity contribution >= 4 is 10.8 Å². The van der Waals surface area contributed by atoms with Crippen LogP contribution in [0.25, 0.3) is 10.8 Å². The number of rotatable bonds is 4. The van der Waals surface area contributed by atoms with E-state index in [1.165, 1.54) is 54.9 Å². The molecule has 3 aromatic carbocycles. The first kappa shape index (κ1) is 19.6. The van der Waals surface area contributed by atoms with Gasteiger partial charge in [-0.05, 0) is 90.3 Å². The second-order valence-corrected chi connectivity index (χ2v) is 8.31. The average Bonchev–Trinajstić information content (AvgIpc) is 2.78. The Hall–Kier alpha value is -2.72. The lowest BCUT2D eigenvalue weighted by atomic mass is 9.77. The highest BCUT2D eigenvalue weighted by Crippen LogP contribution is 2.37. The van der Waals surface area contributed by atoms with Gasteiger partial charge in [-0.25, -0.2) is 0 Å². The topological polar surface area (TPSA) is 9.23 Å². The molecule has 0 atom stereocenters. The molecule has 0 N–H and O–H groups in total. The molecule has 4 rings (SSSR count). The van der Waals surface area contributed by atoms with Crippen LogP contribution in [0.1, 0.15) is 68.1 Å². The van der Waals surface area contributed by atoms with Crippen LogP contribution in [-0.2, 0) is 0 Å². The Morgan fingerprint density at radius 1 is 0.793 bits per heavy atom. The van der Waals surface area contributed by atoms with Crippen LogP contribution in [0.3, 0.4) is 0 Å². The van der Waals surface area contributed by atoms with Crippen LogP contribution in [0.4, 0.5) is 0 Å². The first-order chi connectivity index (χ1) is 14.2. The van der Waals surface area contributed by atoms with Crippen LogP contribution in [0.5, 0.6) is 5.75 Å². The quantitative estimate of drug-likeness (QED) is 0.429. The molecule has 0 aliphatic heterocycles. The highest BCUT2D eigenvalue weighted by molar-refractivity contribution is 5.85. The lowest BCUT2D eigenvalue weighted by Crippen LogP contribution is -2.13. The summed E-state index contributed by atoms with van der Waals surface area (Å²) in [6.07, 6.45) is 8.22. The van der Waals surface area contributed by atoms with Gasteiger partial charge in [0.1, 0.15) is 5.75 Å². The molecule has 148 valence electrons. The van der Waals surface area contributed by atoms with Gasteiger partial charge in [-0.3, -0.25) is 0 Å². The van der Waals surface area contributed by atoms with Gasteiger partial charge in [0.05, 0.1) is 7.11 Å².